The van der Waals surface area contributed by atoms with Crippen molar-refractivity contribution in [3.63, 3.8) is 0 Å². The summed E-state index contributed by atoms with van der Waals surface area (Å²) in [6, 6.07) is 6.58. The van der Waals surface area contributed by atoms with E-state index in [-0.39, 0.29) is 5.91 Å². The van der Waals surface area contributed by atoms with Gasteiger partial charge < -0.3 is 0 Å². The summed E-state index contributed by atoms with van der Waals surface area (Å²) in [7, 11) is 1.70. The minimum Gasteiger partial charge on any atom is -0.292 e. The van der Waals surface area contributed by atoms with Crippen molar-refractivity contribution in [3.05, 3.63) is 34.9 Å². The molecule has 3 nitrogen and oxygen atoms in total. The molecule has 0 heterocycles. The second-order valence-corrected chi connectivity index (χ2v) is 4.42. The van der Waals surface area contributed by atoms with Gasteiger partial charge in [-0.1, -0.05) is 18.2 Å². The van der Waals surface area contributed by atoms with E-state index in [1.807, 2.05) is 0 Å². The Hall–Kier alpha value is -1.35. The van der Waals surface area contributed by atoms with Gasteiger partial charge in [0.15, 0.2) is 0 Å². The number of rotatable bonds is 6. The molecule has 3 heteroatoms. The Morgan fingerprint density at radius 1 is 1.18 bits per heavy atom. The summed E-state index contributed by atoms with van der Waals surface area (Å²) >= 11 is 0. The molecule has 1 aromatic carbocycles. The molecule has 0 bridgehead atoms. The van der Waals surface area contributed by atoms with E-state index in [2.05, 4.69) is 42.9 Å². The summed E-state index contributed by atoms with van der Waals surface area (Å²) in [6.45, 7) is 4.26. The summed E-state index contributed by atoms with van der Waals surface area (Å²) in [5.41, 5.74) is 9.25. The highest BCUT2D eigenvalue weighted by Gasteiger charge is 2.00. The van der Waals surface area contributed by atoms with Crippen molar-refractivity contribution in [2.24, 2.45) is 0 Å². The zero-order valence-corrected chi connectivity index (χ0v) is 11.0. The summed E-state index contributed by atoms with van der Waals surface area (Å²) in [5, 5.41) is 0. The van der Waals surface area contributed by atoms with Gasteiger partial charge >= 0.3 is 0 Å². The van der Waals surface area contributed by atoms with E-state index in [9.17, 15) is 4.79 Å². The quantitative estimate of drug-likeness (QED) is 0.585. The Balaban J connectivity index is 2.26. The molecule has 0 fully saturated rings. The molecule has 94 valence electrons. The number of amides is 1. The number of hydrogen-bond donors (Lipinski definition) is 2. The van der Waals surface area contributed by atoms with Crippen LogP contribution in [0.3, 0.4) is 0 Å². The van der Waals surface area contributed by atoms with Crippen LogP contribution in [0, 0.1) is 13.8 Å². The zero-order valence-electron chi connectivity index (χ0n) is 11.0. The third-order valence-electron chi connectivity index (χ3n) is 2.96. The van der Waals surface area contributed by atoms with Crippen molar-refractivity contribution < 1.29 is 4.79 Å². The predicted molar refractivity (Wildman–Crippen MR) is 70.7 cm³/mol. The van der Waals surface area contributed by atoms with Gasteiger partial charge in [0.25, 0.3) is 0 Å². The third-order valence-corrected chi connectivity index (χ3v) is 2.96. The Kier molecular flexibility index (Phi) is 5.70. The van der Waals surface area contributed by atoms with E-state index in [1.54, 1.807) is 7.05 Å². The molecule has 17 heavy (non-hydrogen) atoms. The van der Waals surface area contributed by atoms with Crippen LogP contribution in [-0.4, -0.2) is 13.0 Å². The molecule has 1 rings (SSSR count). The molecule has 2 N–H and O–H groups in total. The van der Waals surface area contributed by atoms with E-state index >= 15 is 0 Å². The number of unbranched alkanes of at least 4 members (excludes halogenated alkanes) is 1. The smallest absolute Gasteiger partial charge is 0.234 e. The van der Waals surface area contributed by atoms with E-state index in [1.165, 1.54) is 16.7 Å². The number of carbonyl (C=O) groups is 1. The largest absolute Gasteiger partial charge is 0.292 e. The Morgan fingerprint density at radius 3 is 2.59 bits per heavy atom. The van der Waals surface area contributed by atoms with Crippen LogP contribution in [0.1, 0.15) is 36.0 Å². The lowest BCUT2D eigenvalue weighted by molar-refractivity contribution is -0.122. The minimum absolute atomic E-state index is 0.0626. The number of carbonyl (C=O) groups excluding carboxylic acids is 1. The normalized spacial score (nSPS) is 10.3. The average molecular weight is 234 g/mol. The summed E-state index contributed by atoms with van der Waals surface area (Å²) in [6.07, 6.45) is 3.62. The molecular formula is C14H22N2O. The molecular weight excluding hydrogens is 212 g/mol. The molecule has 0 aliphatic carbocycles. The molecule has 0 saturated heterocycles. The number of nitrogens with one attached hydrogen (secondary N) is 2. The van der Waals surface area contributed by atoms with Crippen molar-refractivity contribution in [3.8, 4) is 0 Å². The van der Waals surface area contributed by atoms with Crippen molar-refractivity contribution >= 4 is 5.91 Å². The first-order valence-corrected chi connectivity index (χ1v) is 6.15. The minimum atomic E-state index is 0.0626. The summed E-state index contributed by atoms with van der Waals surface area (Å²) in [5.74, 6) is 0.0626. The van der Waals surface area contributed by atoms with Crippen molar-refractivity contribution in [2.45, 2.75) is 39.5 Å². The van der Waals surface area contributed by atoms with Crippen LogP contribution in [0.15, 0.2) is 18.2 Å². The van der Waals surface area contributed by atoms with E-state index in [4.69, 9.17) is 0 Å². The SMILES string of the molecule is CNNC(=O)CCCCc1ccc(C)c(C)c1. The molecule has 0 aliphatic heterocycles. The molecule has 1 amide bonds. The molecule has 0 atom stereocenters. The van der Waals surface area contributed by atoms with Gasteiger partial charge in [-0.3, -0.25) is 10.2 Å². The first kappa shape index (κ1) is 13.7. The van der Waals surface area contributed by atoms with Crippen molar-refractivity contribution in [1.82, 2.24) is 10.9 Å². The second-order valence-electron chi connectivity index (χ2n) is 4.42. The lowest BCUT2D eigenvalue weighted by Gasteiger charge is -2.05. The summed E-state index contributed by atoms with van der Waals surface area (Å²) < 4.78 is 0. The Labute approximate surface area is 104 Å². The fourth-order valence-electron chi connectivity index (χ4n) is 1.78. The van der Waals surface area contributed by atoms with Gasteiger partial charge in [-0.25, -0.2) is 5.43 Å². The van der Waals surface area contributed by atoms with Gasteiger partial charge in [0.05, 0.1) is 0 Å². The van der Waals surface area contributed by atoms with Crippen LogP contribution in [0.5, 0.6) is 0 Å². The van der Waals surface area contributed by atoms with Crippen LogP contribution in [0.2, 0.25) is 0 Å². The van der Waals surface area contributed by atoms with Gasteiger partial charge in [0.1, 0.15) is 0 Å². The predicted octanol–water partition coefficient (Wildman–Crippen LogP) is 2.27. The molecule has 0 aromatic heterocycles. The van der Waals surface area contributed by atoms with Gasteiger partial charge in [0.2, 0.25) is 5.91 Å². The highest BCUT2D eigenvalue weighted by atomic mass is 16.2. The monoisotopic (exact) mass is 234 g/mol. The highest BCUT2D eigenvalue weighted by Crippen LogP contribution is 2.12. The fraction of sp³-hybridized carbons (Fsp3) is 0.500. The number of hydrogen-bond acceptors (Lipinski definition) is 2. The van der Waals surface area contributed by atoms with Crippen LogP contribution in [0.4, 0.5) is 0 Å². The standard InChI is InChI=1S/C14H22N2O/c1-11-8-9-13(10-12(11)2)6-4-5-7-14(17)16-15-3/h8-10,15H,4-7H2,1-3H3,(H,16,17). The number of aryl methyl sites for hydroxylation is 3. The van der Waals surface area contributed by atoms with Gasteiger partial charge in [-0.2, -0.15) is 0 Å². The Bertz CT molecular complexity index is 374. The van der Waals surface area contributed by atoms with Gasteiger partial charge in [0, 0.05) is 13.5 Å². The first-order valence-electron chi connectivity index (χ1n) is 6.15. The number of benzene rings is 1. The fourth-order valence-corrected chi connectivity index (χ4v) is 1.78. The number of hydrazine groups is 1. The van der Waals surface area contributed by atoms with Gasteiger partial charge in [-0.15, -0.1) is 0 Å². The molecule has 0 unspecified atom stereocenters. The molecule has 0 radical (unpaired) electrons. The third kappa shape index (κ3) is 5.00. The lowest BCUT2D eigenvalue weighted by Crippen LogP contribution is -2.33. The second kappa shape index (κ2) is 7.07. The van der Waals surface area contributed by atoms with Gasteiger partial charge in [-0.05, 0) is 49.8 Å². The lowest BCUT2D eigenvalue weighted by atomic mass is 10.0. The first-order chi connectivity index (χ1) is 8.13. The molecule has 0 saturated carbocycles. The van der Waals surface area contributed by atoms with Crippen molar-refractivity contribution in [2.75, 3.05) is 7.05 Å². The van der Waals surface area contributed by atoms with Crippen LogP contribution in [0.25, 0.3) is 0 Å². The summed E-state index contributed by atoms with van der Waals surface area (Å²) in [4.78, 5) is 11.2. The topological polar surface area (TPSA) is 41.1 Å². The molecule has 1 aromatic rings. The zero-order chi connectivity index (χ0) is 12.7. The van der Waals surface area contributed by atoms with Crippen molar-refractivity contribution in [1.29, 1.82) is 0 Å². The maximum atomic E-state index is 11.2. The molecule has 0 aliphatic rings. The van der Waals surface area contributed by atoms with Crippen LogP contribution >= 0.6 is 0 Å². The Morgan fingerprint density at radius 2 is 1.94 bits per heavy atom. The van der Waals surface area contributed by atoms with Crippen LogP contribution < -0.4 is 10.9 Å². The van der Waals surface area contributed by atoms with E-state index < -0.39 is 0 Å². The maximum Gasteiger partial charge on any atom is 0.234 e. The maximum absolute atomic E-state index is 11.2. The average Bonchev–Trinajstić information content (AvgIpc) is 2.29. The van der Waals surface area contributed by atoms with Crippen LogP contribution in [-0.2, 0) is 11.2 Å². The van der Waals surface area contributed by atoms with E-state index in [0.29, 0.717) is 6.42 Å². The molecule has 0 spiro atoms. The highest BCUT2D eigenvalue weighted by molar-refractivity contribution is 5.75. The van der Waals surface area contributed by atoms with E-state index in [0.717, 1.165) is 19.3 Å².